The fraction of sp³-hybridized carbons (Fsp3) is 0.0625. The Labute approximate surface area is 139 Å². The van der Waals surface area contributed by atoms with E-state index in [2.05, 4.69) is 20.3 Å². The first-order chi connectivity index (χ1) is 11.2. The number of halogens is 1. The van der Waals surface area contributed by atoms with Crippen LogP contribution in [0.5, 0.6) is 0 Å². The molecule has 0 fully saturated rings. The molecule has 0 saturated carbocycles. The minimum atomic E-state index is 0.350. The first-order valence-corrected chi connectivity index (χ1v) is 7.31. The van der Waals surface area contributed by atoms with Crippen molar-refractivity contribution in [1.82, 2.24) is 15.0 Å². The normalized spacial score (nSPS) is 10.3. The minimum absolute atomic E-state index is 0.350. The molecule has 7 heteroatoms. The average molecular weight is 327 g/mol. The average Bonchev–Trinajstić information content (AvgIpc) is 2.59. The largest absolute Gasteiger partial charge is 0.393 e. The van der Waals surface area contributed by atoms with Crippen LogP contribution in [0.2, 0.25) is 5.15 Å². The summed E-state index contributed by atoms with van der Waals surface area (Å²) in [6.07, 6.45) is 3.07. The van der Waals surface area contributed by atoms with Crippen molar-refractivity contribution in [3.05, 3.63) is 60.1 Å². The van der Waals surface area contributed by atoms with Crippen molar-refractivity contribution in [2.75, 3.05) is 23.0 Å². The molecule has 0 bridgehead atoms. The molecule has 3 aromatic rings. The van der Waals surface area contributed by atoms with Crippen LogP contribution >= 0.6 is 11.6 Å². The van der Waals surface area contributed by atoms with Crippen LogP contribution in [0.15, 0.2) is 55.0 Å². The smallest absolute Gasteiger partial charge is 0.161 e. The SMILES string of the molecule is CN(c1ccccc1)c1ncnc(Nc2cccnc2Cl)c1N. The van der Waals surface area contributed by atoms with Crippen LogP contribution in [0.1, 0.15) is 0 Å². The summed E-state index contributed by atoms with van der Waals surface area (Å²) < 4.78 is 0. The topological polar surface area (TPSA) is 80.0 Å². The predicted molar refractivity (Wildman–Crippen MR) is 93.5 cm³/mol. The summed E-state index contributed by atoms with van der Waals surface area (Å²) in [5.74, 6) is 1.08. The Morgan fingerprint density at radius 1 is 1.04 bits per heavy atom. The maximum atomic E-state index is 6.23. The highest BCUT2D eigenvalue weighted by Gasteiger charge is 2.14. The highest BCUT2D eigenvalue weighted by molar-refractivity contribution is 6.32. The van der Waals surface area contributed by atoms with Gasteiger partial charge in [-0.2, -0.15) is 0 Å². The maximum absolute atomic E-state index is 6.23. The Morgan fingerprint density at radius 3 is 2.57 bits per heavy atom. The van der Waals surface area contributed by atoms with Crippen LogP contribution in [0.4, 0.5) is 28.7 Å². The van der Waals surface area contributed by atoms with E-state index in [1.165, 1.54) is 6.33 Å². The molecule has 0 aliphatic rings. The van der Waals surface area contributed by atoms with Gasteiger partial charge in [-0.25, -0.2) is 15.0 Å². The number of pyridine rings is 1. The molecular formula is C16H15ClN6. The molecule has 23 heavy (non-hydrogen) atoms. The minimum Gasteiger partial charge on any atom is -0.393 e. The number of hydrogen-bond donors (Lipinski definition) is 2. The van der Waals surface area contributed by atoms with Gasteiger partial charge in [-0.1, -0.05) is 29.8 Å². The van der Waals surface area contributed by atoms with Gasteiger partial charge in [-0.3, -0.25) is 0 Å². The fourth-order valence-electron chi connectivity index (χ4n) is 2.13. The lowest BCUT2D eigenvalue weighted by Gasteiger charge is -2.21. The molecule has 1 aromatic carbocycles. The first kappa shape index (κ1) is 15.1. The Kier molecular flexibility index (Phi) is 4.25. The quantitative estimate of drug-likeness (QED) is 0.713. The maximum Gasteiger partial charge on any atom is 0.161 e. The van der Waals surface area contributed by atoms with Gasteiger partial charge in [-0.05, 0) is 24.3 Å². The van der Waals surface area contributed by atoms with E-state index >= 15 is 0 Å². The zero-order valence-electron chi connectivity index (χ0n) is 12.4. The van der Waals surface area contributed by atoms with E-state index < -0.39 is 0 Å². The van der Waals surface area contributed by atoms with E-state index in [1.807, 2.05) is 42.3 Å². The summed E-state index contributed by atoms with van der Waals surface area (Å²) in [4.78, 5) is 14.4. The molecule has 0 radical (unpaired) electrons. The van der Waals surface area contributed by atoms with Crippen molar-refractivity contribution in [3.8, 4) is 0 Å². The molecule has 2 heterocycles. The molecule has 3 N–H and O–H groups in total. The molecule has 0 spiro atoms. The summed E-state index contributed by atoms with van der Waals surface area (Å²) in [6, 6.07) is 13.4. The van der Waals surface area contributed by atoms with Gasteiger partial charge >= 0.3 is 0 Å². The zero-order valence-corrected chi connectivity index (χ0v) is 13.2. The lowest BCUT2D eigenvalue weighted by molar-refractivity contribution is 1.09. The Balaban J connectivity index is 1.94. The van der Waals surface area contributed by atoms with Gasteiger partial charge in [0.15, 0.2) is 16.8 Å². The summed E-state index contributed by atoms with van der Waals surface area (Å²) in [6.45, 7) is 0. The van der Waals surface area contributed by atoms with Crippen LogP contribution in [0.25, 0.3) is 0 Å². The van der Waals surface area contributed by atoms with Crippen LogP contribution in [0.3, 0.4) is 0 Å². The van der Waals surface area contributed by atoms with Crippen molar-refractivity contribution in [1.29, 1.82) is 0 Å². The standard InChI is InChI=1S/C16H15ClN6/c1-23(11-6-3-2-4-7-11)16-13(18)15(20-10-21-16)22-12-8-5-9-19-14(12)17/h2-10H,18H2,1H3,(H,20,21,22). The molecule has 3 rings (SSSR count). The molecule has 2 aromatic heterocycles. The Bertz CT molecular complexity index is 809. The van der Waals surface area contributed by atoms with Crippen molar-refractivity contribution in [2.45, 2.75) is 0 Å². The van der Waals surface area contributed by atoms with Gasteiger partial charge < -0.3 is 16.0 Å². The summed E-state index contributed by atoms with van der Waals surface area (Å²) >= 11 is 6.06. The van der Waals surface area contributed by atoms with E-state index in [4.69, 9.17) is 17.3 Å². The van der Waals surface area contributed by atoms with E-state index in [1.54, 1.807) is 18.3 Å². The molecule has 116 valence electrons. The van der Waals surface area contributed by atoms with Gasteiger partial charge in [0.1, 0.15) is 12.0 Å². The summed E-state index contributed by atoms with van der Waals surface area (Å²) in [7, 11) is 1.90. The highest BCUT2D eigenvalue weighted by atomic mass is 35.5. The molecule has 0 aliphatic heterocycles. The van der Waals surface area contributed by atoms with E-state index in [0.717, 1.165) is 5.69 Å². The van der Waals surface area contributed by atoms with Gasteiger partial charge in [0.2, 0.25) is 0 Å². The predicted octanol–water partition coefficient (Wildman–Crippen LogP) is 3.62. The van der Waals surface area contributed by atoms with E-state index in [-0.39, 0.29) is 0 Å². The third-order valence-electron chi connectivity index (χ3n) is 3.34. The second-order valence-electron chi connectivity index (χ2n) is 4.82. The number of rotatable bonds is 4. The number of nitrogens with one attached hydrogen (secondary N) is 1. The van der Waals surface area contributed by atoms with Crippen molar-refractivity contribution in [3.63, 3.8) is 0 Å². The number of para-hydroxylation sites is 1. The molecule has 6 nitrogen and oxygen atoms in total. The van der Waals surface area contributed by atoms with Gasteiger partial charge in [-0.15, -0.1) is 0 Å². The number of anilines is 5. The number of nitrogens with zero attached hydrogens (tertiary/aromatic N) is 4. The Hall–Kier alpha value is -2.86. The van der Waals surface area contributed by atoms with Crippen molar-refractivity contribution < 1.29 is 0 Å². The van der Waals surface area contributed by atoms with Crippen molar-refractivity contribution in [2.24, 2.45) is 0 Å². The zero-order chi connectivity index (χ0) is 16.2. The second kappa shape index (κ2) is 6.50. The molecule has 0 unspecified atom stereocenters. The van der Waals surface area contributed by atoms with Crippen LogP contribution in [-0.2, 0) is 0 Å². The van der Waals surface area contributed by atoms with E-state index in [9.17, 15) is 0 Å². The third-order valence-corrected chi connectivity index (χ3v) is 3.64. The molecule has 0 amide bonds. The lowest BCUT2D eigenvalue weighted by Crippen LogP contribution is -2.15. The van der Waals surface area contributed by atoms with Crippen LogP contribution in [-0.4, -0.2) is 22.0 Å². The summed E-state index contributed by atoms with van der Waals surface area (Å²) in [5, 5.41) is 3.44. The Morgan fingerprint density at radius 2 is 1.83 bits per heavy atom. The van der Waals surface area contributed by atoms with Crippen LogP contribution < -0.4 is 16.0 Å². The lowest BCUT2D eigenvalue weighted by atomic mass is 10.3. The monoisotopic (exact) mass is 326 g/mol. The van der Waals surface area contributed by atoms with Crippen molar-refractivity contribution >= 4 is 40.3 Å². The first-order valence-electron chi connectivity index (χ1n) is 6.93. The molecule has 0 aliphatic carbocycles. The summed E-state index contributed by atoms with van der Waals surface area (Å²) in [5.41, 5.74) is 8.26. The number of aromatic nitrogens is 3. The molecule has 0 atom stereocenters. The van der Waals surface area contributed by atoms with Crippen LogP contribution in [0, 0.1) is 0 Å². The number of nitrogens with two attached hydrogens (primary N) is 1. The number of hydrogen-bond acceptors (Lipinski definition) is 6. The third kappa shape index (κ3) is 3.17. The molecule has 0 saturated heterocycles. The number of nitrogen functional groups attached to an aromatic ring is 1. The molecular weight excluding hydrogens is 312 g/mol. The van der Waals surface area contributed by atoms with Gasteiger partial charge in [0.05, 0.1) is 5.69 Å². The van der Waals surface area contributed by atoms with Gasteiger partial charge in [0, 0.05) is 18.9 Å². The number of benzene rings is 1. The van der Waals surface area contributed by atoms with E-state index in [0.29, 0.717) is 28.2 Å². The fourth-order valence-corrected chi connectivity index (χ4v) is 2.30. The highest BCUT2D eigenvalue weighted by Crippen LogP contribution is 2.32. The van der Waals surface area contributed by atoms with Gasteiger partial charge in [0.25, 0.3) is 0 Å². The second-order valence-corrected chi connectivity index (χ2v) is 5.18.